The van der Waals surface area contributed by atoms with Crippen LogP contribution >= 0.6 is 0 Å². The first-order chi connectivity index (χ1) is 16.9. The fraction of sp³-hybridized carbons (Fsp3) is 0.348. The second kappa shape index (κ2) is 8.15. The van der Waals surface area contributed by atoms with Crippen LogP contribution in [0, 0.1) is 6.92 Å². The maximum absolute atomic E-state index is 13.2. The van der Waals surface area contributed by atoms with E-state index in [-0.39, 0.29) is 29.7 Å². The summed E-state index contributed by atoms with van der Waals surface area (Å²) in [5.41, 5.74) is 1.24. The highest BCUT2D eigenvalue weighted by Gasteiger charge is 2.33. The molecule has 1 N–H and O–H groups in total. The molecular weight excluding hydrogens is 476 g/mol. The number of aryl methyl sites for hydroxylation is 1. The highest BCUT2D eigenvalue weighted by Crippen LogP contribution is 2.40. The molecule has 3 heterocycles. The first-order valence-electron chi connectivity index (χ1n) is 11.2. The third-order valence-corrected chi connectivity index (χ3v) is 7.52. The van der Waals surface area contributed by atoms with Gasteiger partial charge in [0.05, 0.1) is 22.8 Å². The van der Waals surface area contributed by atoms with Gasteiger partial charge >= 0.3 is 0 Å². The number of carbonyl (C=O) groups excluding carboxylic acids is 1. The van der Waals surface area contributed by atoms with E-state index in [2.05, 4.69) is 14.9 Å². The molecule has 3 aliphatic rings. The van der Waals surface area contributed by atoms with Crippen molar-refractivity contribution in [1.29, 1.82) is 0 Å². The molecule has 2 aromatic carbocycles. The number of carbonyl (C=O) groups is 1. The Morgan fingerprint density at radius 3 is 2.66 bits per heavy atom. The maximum atomic E-state index is 13.2. The Kier molecular flexibility index (Phi) is 5.06. The van der Waals surface area contributed by atoms with E-state index < -0.39 is 10.0 Å². The van der Waals surface area contributed by atoms with Crippen molar-refractivity contribution < 1.29 is 31.9 Å². The lowest BCUT2D eigenvalue weighted by atomic mass is 10.1. The molecule has 0 radical (unpaired) electrons. The molecule has 182 valence electrons. The Balaban J connectivity index is 1.28. The molecule has 1 aromatic heterocycles. The standard InChI is InChI=1S/C23H22N4O7S/c1-13-8-16-18(33-12-22(28)27(16)11-21-24-23(34-25-21)14-2-3-14)10-20(13)35(29,30)26-15-4-5-17-19(9-15)32-7-6-31-17/h4-5,8-10,14,26H,2-3,6-7,11-12H2,1H3. The number of rotatable bonds is 6. The van der Waals surface area contributed by atoms with Crippen LogP contribution in [-0.2, 0) is 21.4 Å². The van der Waals surface area contributed by atoms with Gasteiger partial charge in [-0.1, -0.05) is 5.16 Å². The van der Waals surface area contributed by atoms with Gasteiger partial charge in [-0.25, -0.2) is 8.42 Å². The molecular formula is C23H22N4O7S. The molecule has 0 saturated heterocycles. The second-order valence-electron chi connectivity index (χ2n) is 8.64. The molecule has 1 fully saturated rings. The van der Waals surface area contributed by atoms with Gasteiger partial charge in [-0.05, 0) is 43.5 Å². The van der Waals surface area contributed by atoms with E-state index in [1.54, 1.807) is 31.2 Å². The Bertz CT molecular complexity index is 1430. The summed E-state index contributed by atoms with van der Waals surface area (Å²) in [4.78, 5) is 18.5. The smallest absolute Gasteiger partial charge is 0.265 e. The molecule has 1 saturated carbocycles. The average Bonchev–Trinajstić information content (AvgIpc) is 3.58. The van der Waals surface area contributed by atoms with Gasteiger partial charge in [0.25, 0.3) is 15.9 Å². The Labute approximate surface area is 201 Å². The molecule has 2 aliphatic heterocycles. The van der Waals surface area contributed by atoms with Crippen LogP contribution in [0.5, 0.6) is 17.2 Å². The number of hydrogen-bond acceptors (Lipinski definition) is 9. The van der Waals surface area contributed by atoms with Crippen molar-refractivity contribution in [2.75, 3.05) is 29.4 Å². The Hall–Kier alpha value is -3.80. The van der Waals surface area contributed by atoms with Crippen LogP contribution in [0.2, 0.25) is 0 Å². The molecule has 0 bridgehead atoms. The Morgan fingerprint density at radius 2 is 1.86 bits per heavy atom. The molecule has 3 aromatic rings. The SMILES string of the molecule is Cc1cc2c(cc1S(=O)(=O)Nc1ccc3c(c1)OCCO3)OCC(=O)N2Cc1noc(C2CC2)n1. The number of ether oxygens (including phenoxy) is 3. The summed E-state index contributed by atoms with van der Waals surface area (Å²) >= 11 is 0. The summed E-state index contributed by atoms with van der Waals surface area (Å²) in [5, 5.41) is 3.99. The summed E-state index contributed by atoms with van der Waals surface area (Å²) in [6.45, 7) is 2.38. The minimum Gasteiger partial charge on any atom is -0.486 e. The summed E-state index contributed by atoms with van der Waals surface area (Å²) in [6, 6.07) is 7.89. The number of aromatic nitrogens is 2. The predicted molar refractivity (Wildman–Crippen MR) is 122 cm³/mol. The summed E-state index contributed by atoms with van der Waals surface area (Å²) in [5.74, 6) is 2.33. The summed E-state index contributed by atoms with van der Waals surface area (Å²) in [7, 11) is -3.96. The van der Waals surface area contributed by atoms with Gasteiger partial charge in [0, 0.05) is 18.1 Å². The van der Waals surface area contributed by atoms with Gasteiger partial charge in [-0.2, -0.15) is 4.98 Å². The fourth-order valence-corrected chi connectivity index (χ4v) is 5.37. The molecule has 1 amide bonds. The van der Waals surface area contributed by atoms with Crippen LogP contribution in [0.1, 0.15) is 36.0 Å². The van der Waals surface area contributed by atoms with Crippen molar-refractivity contribution in [3.05, 3.63) is 47.6 Å². The third kappa shape index (κ3) is 4.14. The summed E-state index contributed by atoms with van der Waals surface area (Å²) in [6.07, 6.45) is 2.05. The van der Waals surface area contributed by atoms with Gasteiger partial charge in [-0.3, -0.25) is 14.4 Å². The molecule has 1 aliphatic carbocycles. The number of nitrogens with zero attached hydrogens (tertiary/aromatic N) is 3. The third-order valence-electron chi connectivity index (χ3n) is 5.99. The van der Waals surface area contributed by atoms with Crippen molar-refractivity contribution >= 4 is 27.3 Å². The first-order valence-corrected chi connectivity index (χ1v) is 12.7. The van der Waals surface area contributed by atoms with Gasteiger partial charge in [-0.15, -0.1) is 0 Å². The van der Waals surface area contributed by atoms with Crippen molar-refractivity contribution in [1.82, 2.24) is 10.1 Å². The average molecular weight is 499 g/mol. The van der Waals surface area contributed by atoms with Crippen LogP contribution in [0.3, 0.4) is 0 Å². The molecule has 0 unspecified atom stereocenters. The molecule has 11 nitrogen and oxygen atoms in total. The molecule has 12 heteroatoms. The minimum absolute atomic E-state index is 0.0380. The van der Waals surface area contributed by atoms with Crippen LogP contribution in [-0.4, -0.2) is 44.3 Å². The van der Waals surface area contributed by atoms with Crippen molar-refractivity contribution in [2.24, 2.45) is 0 Å². The highest BCUT2D eigenvalue weighted by molar-refractivity contribution is 7.92. The number of nitrogens with one attached hydrogen (secondary N) is 1. The number of anilines is 2. The second-order valence-corrected chi connectivity index (χ2v) is 10.3. The van der Waals surface area contributed by atoms with Gasteiger partial charge in [0.15, 0.2) is 23.9 Å². The zero-order valence-corrected chi connectivity index (χ0v) is 19.6. The molecule has 35 heavy (non-hydrogen) atoms. The molecule has 6 rings (SSSR count). The van der Waals surface area contributed by atoms with E-state index in [1.807, 2.05) is 0 Å². The van der Waals surface area contributed by atoms with Gasteiger partial charge in [0.1, 0.15) is 19.0 Å². The van der Waals surface area contributed by atoms with Crippen molar-refractivity contribution in [2.45, 2.75) is 37.1 Å². The van der Waals surface area contributed by atoms with E-state index in [4.69, 9.17) is 18.7 Å². The van der Waals surface area contributed by atoms with E-state index in [0.29, 0.717) is 59.3 Å². The number of amides is 1. The number of fused-ring (bicyclic) bond motifs is 2. The van der Waals surface area contributed by atoms with E-state index in [0.717, 1.165) is 12.8 Å². The highest BCUT2D eigenvalue weighted by atomic mass is 32.2. The van der Waals surface area contributed by atoms with Crippen molar-refractivity contribution in [3.63, 3.8) is 0 Å². The van der Waals surface area contributed by atoms with E-state index >= 15 is 0 Å². The lowest BCUT2D eigenvalue weighted by Crippen LogP contribution is -2.38. The van der Waals surface area contributed by atoms with E-state index in [9.17, 15) is 13.2 Å². The topological polar surface area (TPSA) is 133 Å². The van der Waals surface area contributed by atoms with Gasteiger partial charge < -0.3 is 18.7 Å². The quantitative estimate of drug-likeness (QED) is 0.544. The van der Waals surface area contributed by atoms with E-state index in [1.165, 1.54) is 11.0 Å². The zero-order chi connectivity index (χ0) is 24.2. The minimum atomic E-state index is -3.96. The predicted octanol–water partition coefficient (Wildman–Crippen LogP) is 2.75. The maximum Gasteiger partial charge on any atom is 0.265 e. The van der Waals surface area contributed by atoms with Crippen molar-refractivity contribution in [3.8, 4) is 17.2 Å². The number of hydrogen-bond donors (Lipinski definition) is 1. The molecule has 0 spiro atoms. The lowest BCUT2D eigenvalue weighted by Gasteiger charge is -2.29. The largest absolute Gasteiger partial charge is 0.486 e. The monoisotopic (exact) mass is 498 g/mol. The Morgan fingerprint density at radius 1 is 1.06 bits per heavy atom. The summed E-state index contributed by atoms with van der Waals surface area (Å²) < 4.78 is 51.0. The number of benzene rings is 2. The van der Waals surface area contributed by atoms with Crippen LogP contribution in [0.25, 0.3) is 0 Å². The fourth-order valence-electron chi connectivity index (χ4n) is 4.08. The van der Waals surface area contributed by atoms with Crippen LogP contribution in [0.15, 0.2) is 39.8 Å². The van der Waals surface area contributed by atoms with Crippen LogP contribution < -0.4 is 23.8 Å². The molecule has 0 atom stereocenters. The normalized spacial score (nSPS) is 17.1. The zero-order valence-electron chi connectivity index (χ0n) is 18.8. The first kappa shape index (κ1) is 21.7. The lowest BCUT2D eigenvalue weighted by molar-refractivity contribution is -0.121. The van der Waals surface area contributed by atoms with Gasteiger partial charge in [0.2, 0.25) is 5.89 Å². The van der Waals surface area contributed by atoms with Crippen LogP contribution in [0.4, 0.5) is 11.4 Å². The number of sulfonamides is 1.